The van der Waals surface area contributed by atoms with E-state index in [0.29, 0.717) is 5.56 Å². The molecule has 0 fully saturated rings. The van der Waals surface area contributed by atoms with E-state index in [1.807, 2.05) is 24.3 Å². The minimum atomic E-state index is 0. The maximum atomic E-state index is 8.29. The standard InChI is InChI=1S/C7H5N.W/c8-6-7-4-2-1-3-5-7;/h1-5H;. The van der Waals surface area contributed by atoms with Crippen LogP contribution in [0.3, 0.4) is 0 Å². The van der Waals surface area contributed by atoms with E-state index in [4.69, 9.17) is 5.26 Å². The van der Waals surface area contributed by atoms with Crippen LogP contribution in [0.4, 0.5) is 0 Å². The molecule has 0 aliphatic heterocycles. The molecule has 9 heavy (non-hydrogen) atoms. The molecule has 0 saturated carbocycles. The molecule has 0 spiro atoms. The van der Waals surface area contributed by atoms with Crippen molar-refractivity contribution in [3.8, 4) is 6.07 Å². The normalized spacial score (nSPS) is 7.00. The summed E-state index contributed by atoms with van der Waals surface area (Å²) in [5, 5.41) is 8.29. The summed E-state index contributed by atoms with van der Waals surface area (Å²) in [4.78, 5) is 0. The molecule has 0 aromatic heterocycles. The second-order valence-electron chi connectivity index (χ2n) is 1.48. The third-order valence-electron chi connectivity index (χ3n) is 0.903. The summed E-state index contributed by atoms with van der Waals surface area (Å²) >= 11 is 0. The molecule has 44 valence electrons. The first-order valence-corrected chi connectivity index (χ1v) is 2.38. The number of benzene rings is 1. The van der Waals surface area contributed by atoms with Crippen molar-refractivity contribution in [1.82, 2.24) is 0 Å². The van der Waals surface area contributed by atoms with Crippen LogP contribution in [0.25, 0.3) is 0 Å². The summed E-state index contributed by atoms with van der Waals surface area (Å²) in [6.07, 6.45) is 0. The third kappa shape index (κ3) is 2.44. The van der Waals surface area contributed by atoms with E-state index in [1.165, 1.54) is 0 Å². The quantitative estimate of drug-likeness (QED) is 0.710. The van der Waals surface area contributed by atoms with Gasteiger partial charge in [-0.15, -0.1) is 0 Å². The van der Waals surface area contributed by atoms with Gasteiger partial charge in [0.2, 0.25) is 0 Å². The zero-order chi connectivity index (χ0) is 5.82. The Kier molecular flexibility index (Phi) is 4.01. The fourth-order valence-electron chi connectivity index (χ4n) is 0.513. The maximum absolute atomic E-state index is 8.29. The molecule has 0 heterocycles. The van der Waals surface area contributed by atoms with E-state index in [-0.39, 0.29) is 21.1 Å². The molecule has 0 amide bonds. The van der Waals surface area contributed by atoms with Crippen LogP contribution in [0.1, 0.15) is 5.56 Å². The third-order valence-corrected chi connectivity index (χ3v) is 0.903. The van der Waals surface area contributed by atoms with Gasteiger partial charge in [-0.05, 0) is 12.1 Å². The number of hydrogen-bond acceptors (Lipinski definition) is 1. The molecule has 0 saturated heterocycles. The molecule has 2 heteroatoms. The summed E-state index contributed by atoms with van der Waals surface area (Å²) in [5.41, 5.74) is 0.715. The Labute approximate surface area is 68.6 Å². The van der Waals surface area contributed by atoms with Crippen molar-refractivity contribution >= 4 is 0 Å². The van der Waals surface area contributed by atoms with Gasteiger partial charge in [-0.2, -0.15) is 5.26 Å². The summed E-state index contributed by atoms with van der Waals surface area (Å²) < 4.78 is 0. The van der Waals surface area contributed by atoms with E-state index < -0.39 is 0 Å². The topological polar surface area (TPSA) is 23.8 Å². The SMILES string of the molecule is N#Cc1ccccc1.[W]. The van der Waals surface area contributed by atoms with Crippen LogP contribution in [-0.4, -0.2) is 0 Å². The van der Waals surface area contributed by atoms with Crippen molar-refractivity contribution in [2.45, 2.75) is 0 Å². The van der Waals surface area contributed by atoms with Crippen LogP contribution < -0.4 is 0 Å². The Morgan fingerprint density at radius 1 is 1.11 bits per heavy atom. The van der Waals surface area contributed by atoms with E-state index >= 15 is 0 Å². The van der Waals surface area contributed by atoms with Gasteiger partial charge in [0, 0.05) is 21.1 Å². The molecule has 1 rings (SSSR count). The van der Waals surface area contributed by atoms with Gasteiger partial charge in [-0.1, -0.05) is 18.2 Å². The van der Waals surface area contributed by atoms with Crippen molar-refractivity contribution in [2.75, 3.05) is 0 Å². The van der Waals surface area contributed by atoms with Crippen molar-refractivity contribution in [3.05, 3.63) is 35.9 Å². The number of nitriles is 1. The molecule has 0 atom stereocenters. The van der Waals surface area contributed by atoms with Crippen LogP contribution in [-0.2, 0) is 21.1 Å². The number of rotatable bonds is 0. The predicted molar refractivity (Wildman–Crippen MR) is 31.2 cm³/mol. The zero-order valence-corrected chi connectivity index (χ0v) is 7.68. The molecule has 0 N–H and O–H groups in total. The Balaban J connectivity index is 0.000000640. The van der Waals surface area contributed by atoms with Crippen molar-refractivity contribution in [2.24, 2.45) is 0 Å². The molecule has 0 aliphatic carbocycles. The first-order chi connectivity index (χ1) is 3.93. The van der Waals surface area contributed by atoms with Crippen LogP contribution in [0, 0.1) is 11.3 Å². The largest absolute Gasteiger partial charge is 0.192 e. The molecule has 0 unspecified atom stereocenters. The molecule has 1 aromatic carbocycles. The van der Waals surface area contributed by atoms with Gasteiger partial charge in [0.1, 0.15) is 0 Å². The van der Waals surface area contributed by atoms with E-state index in [2.05, 4.69) is 0 Å². The molecular weight excluding hydrogens is 282 g/mol. The fraction of sp³-hybridized carbons (Fsp3) is 0. The maximum Gasteiger partial charge on any atom is 0.0991 e. The number of hydrogen-bond donors (Lipinski definition) is 0. The Bertz CT molecular complexity index is 200. The second-order valence-corrected chi connectivity index (χ2v) is 1.48. The van der Waals surface area contributed by atoms with Crippen LogP contribution in [0.15, 0.2) is 30.3 Å². The van der Waals surface area contributed by atoms with Crippen LogP contribution >= 0.6 is 0 Å². The monoisotopic (exact) mass is 287 g/mol. The first-order valence-electron chi connectivity index (χ1n) is 2.38. The molecule has 1 nitrogen and oxygen atoms in total. The minimum absolute atomic E-state index is 0. The fourth-order valence-corrected chi connectivity index (χ4v) is 0.513. The van der Waals surface area contributed by atoms with Gasteiger partial charge in [-0.25, -0.2) is 0 Å². The average Bonchev–Trinajstić information content (AvgIpc) is 1.90. The van der Waals surface area contributed by atoms with Gasteiger partial charge in [0.25, 0.3) is 0 Å². The molecule has 0 radical (unpaired) electrons. The molecule has 0 aliphatic rings. The van der Waals surface area contributed by atoms with Crippen molar-refractivity contribution in [1.29, 1.82) is 5.26 Å². The van der Waals surface area contributed by atoms with Crippen LogP contribution in [0.5, 0.6) is 0 Å². The Hall–Kier alpha value is -0.602. The summed E-state index contributed by atoms with van der Waals surface area (Å²) in [6, 6.07) is 11.2. The van der Waals surface area contributed by atoms with E-state index in [0.717, 1.165) is 0 Å². The first kappa shape index (κ1) is 8.40. The van der Waals surface area contributed by atoms with E-state index in [1.54, 1.807) is 12.1 Å². The predicted octanol–water partition coefficient (Wildman–Crippen LogP) is 1.56. The zero-order valence-electron chi connectivity index (χ0n) is 4.74. The summed E-state index contributed by atoms with van der Waals surface area (Å²) in [6.45, 7) is 0. The molecular formula is C7H5NW. The van der Waals surface area contributed by atoms with Gasteiger partial charge < -0.3 is 0 Å². The number of nitrogens with zero attached hydrogens (tertiary/aromatic N) is 1. The second kappa shape index (κ2) is 4.29. The summed E-state index contributed by atoms with van der Waals surface area (Å²) in [7, 11) is 0. The van der Waals surface area contributed by atoms with Crippen molar-refractivity contribution in [3.63, 3.8) is 0 Å². The van der Waals surface area contributed by atoms with Crippen molar-refractivity contribution < 1.29 is 21.1 Å². The molecule has 0 bridgehead atoms. The van der Waals surface area contributed by atoms with Gasteiger partial charge >= 0.3 is 0 Å². The minimum Gasteiger partial charge on any atom is -0.192 e. The average molecular weight is 287 g/mol. The van der Waals surface area contributed by atoms with Gasteiger partial charge in [0.15, 0.2) is 0 Å². The smallest absolute Gasteiger partial charge is 0.0991 e. The summed E-state index contributed by atoms with van der Waals surface area (Å²) in [5.74, 6) is 0. The van der Waals surface area contributed by atoms with Crippen LogP contribution in [0.2, 0.25) is 0 Å². The Morgan fingerprint density at radius 2 is 1.67 bits per heavy atom. The Morgan fingerprint density at radius 3 is 2.00 bits per heavy atom. The van der Waals surface area contributed by atoms with Gasteiger partial charge in [0.05, 0.1) is 11.6 Å². The van der Waals surface area contributed by atoms with Gasteiger partial charge in [-0.3, -0.25) is 0 Å². The molecule has 1 aromatic rings. The van der Waals surface area contributed by atoms with E-state index in [9.17, 15) is 0 Å².